The molecule has 0 radical (unpaired) electrons. The van der Waals surface area contributed by atoms with Gasteiger partial charge in [0, 0.05) is 22.9 Å². The number of fused-ring (bicyclic) bond motifs is 1. The highest BCUT2D eigenvalue weighted by Gasteiger charge is 2.24. The van der Waals surface area contributed by atoms with Crippen LogP contribution in [-0.4, -0.2) is 25.2 Å². The van der Waals surface area contributed by atoms with Gasteiger partial charge in [-0.15, -0.1) is 0 Å². The minimum absolute atomic E-state index is 0.0502. The molecule has 0 unspecified atom stereocenters. The molecule has 0 atom stereocenters. The lowest BCUT2D eigenvalue weighted by atomic mass is 9.83. The molecule has 7 heteroatoms. The summed E-state index contributed by atoms with van der Waals surface area (Å²) >= 11 is 0. The Labute approximate surface area is 190 Å². The summed E-state index contributed by atoms with van der Waals surface area (Å²) < 4.78 is 26.2. The highest BCUT2D eigenvalue weighted by Crippen LogP contribution is 2.37. The van der Waals surface area contributed by atoms with Crippen LogP contribution in [0.15, 0.2) is 41.4 Å². The van der Waals surface area contributed by atoms with Gasteiger partial charge in [-0.1, -0.05) is 26.7 Å². The van der Waals surface area contributed by atoms with Crippen LogP contribution in [0, 0.1) is 18.0 Å². The Hall–Kier alpha value is -2.54. The summed E-state index contributed by atoms with van der Waals surface area (Å²) in [6, 6.07) is 9.45. The summed E-state index contributed by atoms with van der Waals surface area (Å²) in [6.45, 7) is 5.68. The van der Waals surface area contributed by atoms with Crippen molar-refractivity contribution in [2.24, 2.45) is 5.92 Å². The third-order valence-electron chi connectivity index (χ3n) is 6.82. The molecular weight excluding hydrogens is 422 g/mol. The summed E-state index contributed by atoms with van der Waals surface area (Å²) in [4.78, 5) is 3.34. The molecule has 0 amide bonds. The average Bonchev–Trinajstić information content (AvgIpc) is 3.28. The number of H-pyrrole nitrogens is 1. The first kappa shape index (κ1) is 22.6. The monoisotopic (exact) mass is 455 g/mol. The topological polar surface area (TPSA) is 88.9 Å². The second-order valence-corrected chi connectivity index (χ2v) is 11.3. The minimum Gasteiger partial charge on any atom is -0.710 e. The van der Waals surface area contributed by atoms with E-state index in [4.69, 9.17) is 0 Å². The van der Waals surface area contributed by atoms with Gasteiger partial charge >= 0.3 is 0 Å². The van der Waals surface area contributed by atoms with Crippen LogP contribution in [0.25, 0.3) is 22.2 Å². The lowest BCUT2D eigenvalue weighted by molar-refractivity contribution is -0.586. The van der Waals surface area contributed by atoms with Gasteiger partial charge in [0.25, 0.3) is 5.65 Å². The molecule has 3 aromatic rings. The molecule has 1 saturated carbocycles. The summed E-state index contributed by atoms with van der Waals surface area (Å²) in [5.41, 5.74) is 3.65. The molecule has 4 rings (SSSR count). The summed E-state index contributed by atoms with van der Waals surface area (Å²) in [5.74, 6) is 0.868. The van der Waals surface area contributed by atoms with E-state index in [0.717, 1.165) is 45.7 Å². The smallest absolute Gasteiger partial charge is 0.290 e. The Morgan fingerprint density at radius 3 is 2.53 bits per heavy atom. The molecule has 1 fully saturated rings. The molecule has 6 nitrogen and oxygen atoms in total. The maximum absolute atomic E-state index is 12.6. The van der Waals surface area contributed by atoms with E-state index in [1.165, 1.54) is 25.7 Å². The second-order valence-electron chi connectivity index (χ2n) is 9.00. The number of aromatic nitrogens is 2. The van der Waals surface area contributed by atoms with Gasteiger partial charge in [0.15, 0.2) is 9.84 Å². The van der Waals surface area contributed by atoms with Crippen molar-refractivity contribution in [3.8, 4) is 11.1 Å². The maximum Gasteiger partial charge on any atom is 0.290 e. The normalized spacial score (nSPS) is 19.3. The van der Waals surface area contributed by atoms with Gasteiger partial charge in [-0.05, 0) is 68.9 Å². The number of hydrogen-bond acceptors (Lipinski definition) is 4. The molecule has 2 aromatic heterocycles. The molecule has 1 aliphatic rings. The number of aromatic amines is 1. The van der Waals surface area contributed by atoms with Crippen molar-refractivity contribution in [1.82, 2.24) is 4.98 Å². The summed E-state index contributed by atoms with van der Waals surface area (Å²) in [5, 5.41) is 17.0. The Morgan fingerprint density at radius 1 is 1.09 bits per heavy atom. The van der Waals surface area contributed by atoms with E-state index in [1.807, 2.05) is 18.2 Å². The van der Waals surface area contributed by atoms with Crippen molar-refractivity contribution in [2.75, 3.05) is 11.1 Å². The molecule has 0 bridgehead atoms. The molecule has 2 N–H and O–H groups in total. The number of nitrogens with one attached hydrogen (secondary N) is 2. The van der Waals surface area contributed by atoms with Crippen LogP contribution in [0.1, 0.15) is 58.1 Å². The first-order valence-corrected chi connectivity index (χ1v) is 13.3. The largest absolute Gasteiger partial charge is 0.710 e. The molecule has 0 saturated heterocycles. The van der Waals surface area contributed by atoms with Crippen LogP contribution < -0.4 is 10.0 Å². The number of hydrogen-bond donors (Lipinski definition) is 2. The first-order valence-electron chi connectivity index (χ1n) is 11.7. The third kappa shape index (κ3) is 4.35. The third-order valence-corrected chi connectivity index (χ3v) is 8.55. The van der Waals surface area contributed by atoms with Gasteiger partial charge in [-0.3, -0.25) is 0 Å². The lowest BCUT2D eigenvalue weighted by Crippen LogP contribution is -2.31. The standard InChI is InChI=1S/C25H33N3O3S/c1-4-6-18-7-9-19(10-8-18)27-24-12-11-20(32(30,31)5-2)16-23(24)22-15-17(3)28(29)25-21(22)13-14-26-25/h11-16,18-19,26-27H,4-10H2,1-3H3/t18-,19-. The Balaban J connectivity index is 1.77. The first-order chi connectivity index (χ1) is 15.3. The highest BCUT2D eigenvalue weighted by molar-refractivity contribution is 7.91. The van der Waals surface area contributed by atoms with Crippen LogP contribution in [0.5, 0.6) is 0 Å². The Morgan fingerprint density at radius 2 is 1.84 bits per heavy atom. The van der Waals surface area contributed by atoms with Crippen molar-refractivity contribution in [1.29, 1.82) is 0 Å². The number of aryl methyl sites for hydroxylation is 1. The minimum atomic E-state index is -3.35. The summed E-state index contributed by atoms with van der Waals surface area (Å²) in [6.07, 6.45) is 8.97. The van der Waals surface area contributed by atoms with Crippen LogP contribution in [-0.2, 0) is 9.84 Å². The van der Waals surface area contributed by atoms with E-state index in [0.29, 0.717) is 22.3 Å². The van der Waals surface area contributed by atoms with Crippen LogP contribution >= 0.6 is 0 Å². The molecular formula is C25H33N3O3S. The molecule has 2 heterocycles. The molecule has 172 valence electrons. The van der Waals surface area contributed by atoms with E-state index in [9.17, 15) is 13.6 Å². The number of anilines is 1. The number of nitrogens with zero attached hydrogens (tertiary/aromatic N) is 1. The van der Waals surface area contributed by atoms with Gasteiger partial charge in [-0.2, -0.15) is 0 Å². The van der Waals surface area contributed by atoms with Gasteiger partial charge in [0.1, 0.15) is 5.69 Å². The maximum atomic E-state index is 12.6. The van der Waals surface area contributed by atoms with E-state index >= 15 is 0 Å². The lowest BCUT2D eigenvalue weighted by Gasteiger charge is -2.30. The van der Waals surface area contributed by atoms with Crippen molar-refractivity contribution >= 4 is 26.6 Å². The average molecular weight is 456 g/mol. The van der Waals surface area contributed by atoms with Crippen molar-refractivity contribution in [2.45, 2.75) is 70.2 Å². The van der Waals surface area contributed by atoms with Gasteiger partial charge in [0.05, 0.1) is 22.2 Å². The molecule has 0 spiro atoms. The zero-order valence-corrected chi connectivity index (χ0v) is 20.0. The number of benzene rings is 1. The predicted molar refractivity (Wildman–Crippen MR) is 129 cm³/mol. The Kier molecular flexibility index (Phi) is 6.47. The van der Waals surface area contributed by atoms with Gasteiger partial charge in [0.2, 0.25) is 0 Å². The Bertz CT molecular complexity index is 1210. The molecule has 0 aliphatic heterocycles. The fraction of sp³-hybridized carbons (Fsp3) is 0.480. The number of pyridine rings is 1. The van der Waals surface area contributed by atoms with Crippen molar-refractivity contribution < 1.29 is 13.1 Å². The van der Waals surface area contributed by atoms with Gasteiger partial charge in [-0.25, -0.2) is 18.1 Å². The number of sulfone groups is 1. The SMILES string of the molecule is CCC[C@H]1CC[C@H](Nc2ccc(S(=O)(=O)CC)cc2-c2cc(C)[n+]([O-])c3[nH]ccc23)CC1. The van der Waals surface area contributed by atoms with E-state index in [2.05, 4.69) is 17.2 Å². The summed E-state index contributed by atoms with van der Waals surface area (Å²) in [7, 11) is -3.35. The quantitative estimate of drug-likeness (QED) is 0.372. The zero-order chi connectivity index (χ0) is 22.9. The number of rotatable bonds is 7. The van der Waals surface area contributed by atoms with Gasteiger partial charge < -0.3 is 10.5 Å². The molecule has 32 heavy (non-hydrogen) atoms. The van der Waals surface area contributed by atoms with Crippen LogP contribution in [0.3, 0.4) is 0 Å². The second kappa shape index (κ2) is 9.14. The molecule has 1 aliphatic carbocycles. The van der Waals surface area contributed by atoms with Crippen LogP contribution in [0.2, 0.25) is 0 Å². The van der Waals surface area contributed by atoms with Crippen molar-refractivity contribution in [3.05, 3.63) is 47.4 Å². The van der Waals surface area contributed by atoms with E-state index in [-0.39, 0.29) is 5.75 Å². The molecule has 1 aromatic carbocycles. The van der Waals surface area contributed by atoms with E-state index in [1.54, 1.807) is 32.2 Å². The van der Waals surface area contributed by atoms with Crippen LogP contribution in [0.4, 0.5) is 5.69 Å². The predicted octanol–water partition coefficient (Wildman–Crippen LogP) is 5.34. The van der Waals surface area contributed by atoms with Crippen molar-refractivity contribution in [3.63, 3.8) is 0 Å². The van der Waals surface area contributed by atoms with E-state index < -0.39 is 9.84 Å². The highest BCUT2D eigenvalue weighted by atomic mass is 32.2. The zero-order valence-electron chi connectivity index (χ0n) is 19.1. The fourth-order valence-corrected chi connectivity index (χ4v) is 5.85. The fourth-order valence-electron chi connectivity index (χ4n) is 4.95.